The maximum atomic E-state index is 11.3. The molecule has 0 bridgehead atoms. The monoisotopic (exact) mass is 214 g/mol. The molecule has 1 saturated heterocycles. The van der Waals surface area contributed by atoms with Gasteiger partial charge in [0.2, 0.25) is 0 Å². The summed E-state index contributed by atoms with van der Waals surface area (Å²) >= 11 is 0. The molecular weight excluding hydrogens is 192 g/mol. The third-order valence-corrected chi connectivity index (χ3v) is 3.15. The third kappa shape index (κ3) is 3.15. The van der Waals surface area contributed by atoms with Gasteiger partial charge >= 0.3 is 0 Å². The van der Waals surface area contributed by atoms with Crippen LogP contribution >= 0.6 is 0 Å². The van der Waals surface area contributed by atoms with Gasteiger partial charge in [0.15, 0.2) is 0 Å². The molecule has 3 N–H and O–H groups in total. The van der Waals surface area contributed by atoms with E-state index in [9.17, 15) is 4.79 Å². The Morgan fingerprint density at radius 2 is 1.60 bits per heavy atom. The Kier molecular flexibility index (Phi) is 4.50. The molecule has 5 heteroatoms. The van der Waals surface area contributed by atoms with Gasteiger partial charge in [-0.05, 0) is 20.8 Å². The van der Waals surface area contributed by atoms with Gasteiger partial charge in [-0.25, -0.2) is 5.84 Å². The zero-order chi connectivity index (χ0) is 11.4. The van der Waals surface area contributed by atoms with Crippen LogP contribution < -0.4 is 11.3 Å². The van der Waals surface area contributed by atoms with Crippen LogP contribution in [0.1, 0.15) is 20.8 Å². The van der Waals surface area contributed by atoms with Gasteiger partial charge in [0.05, 0.1) is 6.04 Å². The number of carbonyl (C=O) groups excluding carboxylic acids is 1. The van der Waals surface area contributed by atoms with Crippen LogP contribution in [0.25, 0.3) is 0 Å². The highest BCUT2D eigenvalue weighted by Crippen LogP contribution is 2.08. The Hall–Kier alpha value is -0.650. The molecule has 0 aliphatic carbocycles. The van der Waals surface area contributed by atoms with E-state index in [4.69, 9.17) is 5.84 Å². The molecule has 0 aromatic rings. The molecule has 1 heterocycles. The Morgan fingerprint density at radius 1 is 1.13 bits per heavy atom. The fourth-order valence-corrected chi connectivity index (χ4v) is 1.93. The van der Waals surface area contributed by atoms with Crippen molar-refractivity contribution in [2.45, 2.75) is 32.9 Å². The zero-order valence-corrected chi connectivity index (χ0v) is 9.86. The van der Waals surface area contributed by atoms with Crippen LogP contribution in [-0.4, -0.2) is 54.0 Å². The van der Waals surface area contributed by atoms with Gasteiger partial charge < -0.3 is 0 Å². The van der Waals surface area contributed by atoms with E-state index in [1.54, 1.807) is 0 Å². The summed E-state index contributed by atoms with van der Waals surface area (Å²) in [5, 5.41) is 0. The molecule has 1 fully saturated rings. The van der Waals surface area contributed by atoms with Gasteiger partial charge in [-0.2, -0.15) is 0 Å². The number of piperazine rings is 1. The number of hydrazine groups is 1. The van der Waals surface area contributed by atoms with Crippen molar-refractivity contribution >= 4 is 5.91 Å². The molecule has 1 aliphatic heterocycles. The first-order chi connectivity index (χ1) is 7.06. The summed E-state index contributed by atoms with van der Waals surface area (Å²) in [6.07, 6.45) is 0. The predicted octanol–water partition coefficient (Wildman–Crippen LogP) is -0.609. The minimum absolute atomic E-state index is 0.104. The number of nitrogens with zero attached hydrogens (tertiary/aromatic N) is 2. The van der Waals surface area contributed by atoms with Gasteiger partial charge in [0.25, 0.3) is 5.91 Å². The number of amides is 1. The molecule has 1 aliphatic rings. The first-order valence-electron chi connectivity index (χ1n) is 5.54. The fraction of sp³-hybridized carbons (Fsp3) is 0.900. The molecule has 1 amide bonds. The van der Waals surface area contributed by atoms with E-state index in [0.717, 1.165) is 26.2 Å². The van der Waals surface area contributed by atoms with Crippen LogP contribution in [0.15, 0.2) is 0 Å². The fourth-order valence-electron chi connectivity index (χ4n) is 1.93. The number of carbonyl (C=O) groups is 1. The second kappa shape index (κ2) is 5.44. The molecule has 0 spiro atoms. The molecular formula is C10H22N4O. The standard InChI is InChI=1S/C10H22N4O/c1-8(2)13-4-6-14(7-5-13)9(3)10(15)12-11/h8-9H,4-7,11H2,1-3H3,(H,12,15). The van der Waals surface area contributed by atoms with Crippen LogP contribution in [-0.2, 0) is 4.79 Å². The summed E-state index contributed by atoms with van der Waals surface area (Å²) in [7, 11) is 0. The van der Waals surface area contributed by atoms with Crippen LogP contribution in [0, 0.1) is 0 Å². The average Bonchev–Trinajstić information content (AvgIpc) is 2.27. The highest BCUT2D eigenvalue weighted by molar-refractivity contribution is 5.80. The van der Waals surface area contributed by atoms with Crippen molar-refractivity contribution in [3.8, 4) is 0 Å². The smallest absolute Gasteiger partial charge is 0.250 e. The molecule has 5 nitrogen and oxygen atoms in total. The molecule has 0 aromatic carbocycles. The van der Waals surface area contributed by atoms with Crippen molar-refractivity contribution in [3.05, 3.63) is 0 Å². The van der Waals surface area contributed by atoms with Gasteiger partial charge in [0, 0.05) is 32.2 Å². The van der Waals surface area contributed by atoms with E-state index in [1.807, 2.05) is 6.92 Å². The lowest BCUT2D eigenvalue weighted by Crippen LogP contribution is -2.55. The quantitative estimate of drug-likeness (QED) is 0.374. The zero-order valence-electron chi connectivity index (χ0n) is 9.86. The van der Waals surface area contributed by atoms with Crippen molar-refractivity contribution in [1.82, 2.24) is 15.2 Å². The molecule has 1 atom stereocenters. The van der Waals surface area contributed by atoms with Gasteiger partial charge in [-0.1, -0.05) is 0 Å². The third-order valence-electron chi connectivity index (χ3n) is 3.15. The normalized spacial score (nSPS) is 21.7. The maximum absolute atomic E-state index is 11.3. The molecule has 0 radical (unpaired) electrons. The number of hydrogen-bond acceptors (Lipinski definition) is 4. The van der Waals surface area contributed by atoms with Crippen molar-refractivity contribution < 1.29 is 4.79 Å². The minimum atomic E-state index is -0.121. The summed E-state index contributed by atoms with van der Waals surface area (Å²) in [6.45, 7) is 10.2. The first-order valence-corrected chi connectivity index (χ1v) is 5.54. The molecule has 1 rings (SSSR count). The molecule has 88 valence electrons. The lowest BCUT2D eigenvalue weighted by molar-refractivity contribution is -0.126. The van der Waals surface area contributed by atoms with E-state index < -0.39 is 0 Å². The summed E-state index contributed by atoms with van der Waals surface area (Å²) in [5.41, 5.74) is 2.20. The predicted molar refractivity (Wildman–Crippen MR) is 60.1 cm³/mol. The van der Waals surface area contributed by atoms with Crippen molar-refractivity contribution in [3.63, 3.8) is 0 Å². The van der Waals surface area contributed by atoms with E-state index in [2.05, 4.69) is 29.1 Å². The number of nitrogens with two attached hydrogens (primary N) is 1. The molecule has 1 unspecified atom stereocenters. The van der Waals surface area contributed by atoms with Crippen molar-refractivity contribution in [2.24, 2.45) is 5.84 Å². The van der Waals surface area contributed by atoms with Gasteiger partial charge in [0.1, 0.15) is 0 Å². The Balaban J connectivity index is 2.40. The summed E-state index contributed by atoms with van der Waals surface area (Å²) in [6, 6.07) is 0.468. The average molecular weight is 214 g/mol. The minimum Gasteiger partial charge on any atom is -0.298 e. The first kappa shape index (κ1) is 12.4. The number of nitrogens with one attached hydrogen (secondary N) is 1. The second-order valence-electron chi connectivity index (χ2n) is 4.35. The van der Waals surface area contributed by atoms with Crippen LogP contribution in [0.4, 0.5) is 0 Å². The Bertz CT molecular complexity index is 211. The lowest BCUT2D eigenvalue weighted by atomic mass is 10.2. The molecule has 0 aromatic heterocycles. The summed E-state index contributed by atoms with van der Waals surface area (Å²) < 4.78 is 0. The van der Waals surface area contributed by atoms with Crippen molar-refractivity contribution in [1.29, 1.82) is 0 Å². The second-order valence-corrected chi connectivity index (χ2v) is 4.35. The Morgan fingerprint density at radius 3 is 2.00 bits per heavy atom. The lowest BCUT2D eigenvalue weighted by Gasteiger charge is -2.39. The topological polar surface area (TPSA) is 61.6 Å². The highest BCUT2D eigenvalue weighted by Gasteiger charge is 2.25. The summed E-state index contributed by atoms with van der Waals surface area (Å²) in [5.74, 6) is 5.01. The van der Waals surface area contributed by atoms with Gasteiger partial charge in [-0.15, -0.1) is 0 Å². The maximum Gasteiger partial charge on any atom is 0.250 e. The largest absolute Gasteiger partial charge is 0.298 e. The van der Waals surface area contributed by atoms with Crippen molar-refractivity contribution in [2.75, 3.05) is 26.2 Å². The van der Waals surface area contributed by atoms with E-state index >= 15 is 0 Å². The number of hydrogen-bond donors (Lipinski definition) is 2. The van der Waals surface area contributed by atoms with Gasteiger partial charge in [-0.3, -0.25) is 20.0 Å². The molecule has 0 saturated carbocycles. The van der Waals surface area contributed by atoms with E-state index in [1.165, 1.54) is 0 Å². The van der Waals surface area contributed by atoms with Crippen LogP contribution in [0.2, 0.25) is 0 Å². The summed E-state index contributed by atoms with van der Waals surface area (Å²) in [4.78, 5) is 15.9. The van der Waals surface area contributed by atoms with Crippen LogP contribution in [0.5, 0.6) is 0 Å². The van der Waals surface area contributed by atoms with E-state index in [0.29, 0.717) is 6.04 Å². The Labute approximate surface area is 91.6 Å². The highest BCUT2D eigenvalue weighted by atomic mass is 16.2. The SMILES string of the molecule is CC(C)N1CCN(C(C)C(=O)NN)CC1. The van der Waals surface area contributed by atoms with Crippen LogP contribution in [0.3, 0.4) is 0 Å². The molecule has 15 heavy (non-hydrogen) atoms. The van der Waals surface area contributed by atoms with E-state index in [-0.39, 0.29) is 11.9 Å². The number of rotatable bonds is 3.